The van der Waals surface area contributed by atoms with Gasteiger partial charge in [0.05, 0.1) is 5.71 Å². The molecule has 1 aliphatic rings. The van der Waals surface area contributed by atoms with Crippen LogP contribution < -0.4 is 5.43 Å². The van der Waals surface area contributed by atoms with Crippen LogP contribution in [-0.2, 0) is 11.3 Å². The number of aromatic nitrogens is 1. The average molecular weight is 353 g/mol. The zero-order valence-electron chi connectivity index (χ0n) is 15.0. The fourth-order valence-corrected chi connectivity index (χ4v) is 4.11. The van der Waals surface area contributed by atoms with Crippen molar-refractivity contribution in [1.29, 1.82) is 0 Å². The summed E-state index contributed by atoms with van der Waals surface area (Å²) in [6.45, 7) is 3.10. The van der Waals surface area contributed by atoms with Gasteiger partial charge >= 0.3 is 0 Å². The van der Waals surface area contributed by atoms with Gasteiger partial charge < -0.3 is 9.36 Å². The fraction of sp³-hybridized carbons (Fsp3) is 0.130. The highest BCUT2D eigenvalue weighted by Crippen LogP contribution is 2.31. The number of hydrogen-bond donors (Lipinski definition) is 1. The number of nitrogens with zero attached hydrogens (tertiary/aromatic N) is 2. The Labute approximate surface area is 157 Å². The molecule has 4 heteroatoms. The van der Waals surface area contributed by atoms with Crippen molar-refractivity contribution < 1.29 is 4.79 Å². The largest absolute Gasteiger partial charge is 0.341 e. The zero-order chi connectivity index (χ0) is 18.4. The van der Waals surface area contributed by atoms with Crippen LogP contribution in [0.15, 0.2) is 71.8 Å². The first-order valence-corrected chi connectivity index (χ1v) is 9.21. The molecular formula is C23H19N3O. The summed E-state index contributed by atoms with van der Waals surface area (Å²) >= 11 is 0. The van der Waals surface area contributed by atoms with Crippen molar-refractivity contribution in [3.8, 4) is 0 Å². The smallest absolute Gasteiger partial charge is 0.148 e. The van der Waals surface area contributed by atoms with Crippen LogP contribution in [0.25, 0.3) is 21.8 Å². The van der Waals surface area contributed by atoms with Crippen LogP contribution in [0.2, 0.25) is 0 Å². The molecule has 0 saturated carbocycles. The molecule has 4 nitrogen and oxygen atoms in total. The molecule has 4 aromatic rings. The minimum absolute atomic E-state index is 0.393. The lowest BCUT2D eigenvalue weighted by atomic mass is 9.92. The Bertz CT molecular complexity index is 1220. The van der Waals surface area contributed by atoms with E-state index in [1.165, 1.54) is 21.8 Å². The minimum atomic E-state index is -0.393. The number of fused-ring (bicyclic) bond motifs is 4. The van der Waals surface area contributed by atoms with Crippen molar-refractivity contribution in [2.75, 3.05) is 0 Å². The van der Waals surface area contributed by atoms with Gasteiger partial charge in [0.15, 0.2) is 0 Å². The van der Waals surface area contributed by atoms with Gasteiger partial charge in [0, 0.05) is 39.5 Å². The number of carbonyl (C=O) groups excluding carboxylic acids is 1. The monoisotopic (exact) mass is 353 g/mol. The Kier molecular flexibility index (Phi) is 3.57. The van der Waals surface area contributed by atoms with Gasteiger partial charge in [0.2, 0.25) is 0 Å². The number of aldehydes is 1. The number of nitrogens with one attached hydrogen (secondary N) is 1. The van der Waals surface area contributed by atoms with Gasteiger partial charge in [-0.15, -0.1) is 0 Å². The summed E-state index contributed by atoms with van der Waals surface area (Å²) in [6.07, 6.45) is 0.900. The van der Waals surface area contributed by atoms with Crippen molar-refractivity contribution in [2.45, 2.75) is 19.5 Å². The third-order valence-corrected chi connectivity index (χ3v) is 5.36. The Morgan fingerprint density at radius 2 is 1.78 bits per heavy atom. The average Bonchev–Trinajstić information content (AvgIpc) is 3.06. The maximum atomic E-state index is 11.4. The van der Waals surface area contributed by atoms with Crippen molar-refractivity contribution in [3.05, 3.63) is 83.4 Å². The maximum absolute atomic E-state index is 11.4. The molecule has 0 radical (unpaired) electrons. The highest BCUT2D eigenvalue weighted by Gasteiger charge is 2.23. The van der Waals surface area contributed by atoms with E-state index >= 15 is 0 Å². The summed E-state index contributed by atoms with van der Waals surface area (Å²) in [5, 5.41) is 7.01. The molecule has 0 spiro atoms. The summed E-state index contributed by atoms with van der Waals surface area (Å²) in [7, 11) is 0. The Balaban J connectivity index is 1.74. The van der Waals surface area contributed by atoms with E-state index in [4.69, 9.17) is 0 Å². The summed E-state index contributed by atoms with van der Waals surface area (Å²) in [5.74, 6) is 0. The number of aryl methyl sites for hydroxylation is 1. The Morgan fingerprint density at radius 3 is 2.63 bits per heavy atom. The third-order valence-electron chi connectivity index (χ3n) is 5.36. The van der Waals surface area contributed by atoms with Crippen LogP contribution in [0, 0.1) is 0 Å². The molecule has 5 rings (SSSR count). The molecule has 1 atom stereocenters. The van der Waals surface area contributed by atoms with E-state index in [1.807, 2.05) is 24.3 Å². The summed E-state index contributed by atoms with van der Waals surface area (Å²) in [4.78, 5) is 11.4. The van der Waals surface area contributed by atoms with E-state index in [0.717, 1.165) is 35.2 Å². The van der Waals surface area contributed by atoms with E-state index < -0.39 is 6.04 Å². The zero-order valence-corrected chi connectivity index (χ0v) is 15.0. The second kappa shape index (κ2) is 6.09. The molecule has 0 fully saturated rings. The maximum Gasteiger partial charge on any atom is 0.148 e. The minimum Gasteiger partial charge on any atom is -0.341 e. The standard InChI is InChI=1S/C23H19N3O/c1-2-26-21-10-6-5-8-17(21)19-13-15(11-12-22(19)26)23-18-9-4-3-7-16(18)20(14-27)24-25-23/h3-14,20,24H,2H2,1H3. The molecule has 2 heterocycles. The van der Waals surface area contributed by atoms with Gasteiger partial charge in [-0.25, -0.2) is 0 Å². The molecule has 132 valence electrons. The highest BCUT2D eigenvalue weighted by molar-refractivity contribution is 6.18. The van der Waals surface area contributed by atoms with E-state index in [2.05, 4.69) is 64.5 Å². The number of hydrazone groups is 1. The number of rotatable bonds is 3. The first-order valence-electron chi connectivity index (χ1n) is 9.21. The second-order valence-electron chi connectivity index (χ2n) is 6.78. The molecule has 0 saturated heterocycles. The SMILES string of the molecule is CCn1c2ccccc2c2cc(C3=NNC(C=O)c4ccccc43)ccc21. The lowest BCUT2D eigenvalue weighted by Crippen LogP contribution is -2.27. The molecule has 1 aromatic heterocycles. The predicted octanol–water partition coefficient (Wildman–Crippen LogP) is 4.41. The van der Waals surface area contributed by atoms with E-state index in [1.54, 1.807) is 0 Å². The molecule has 1 N–H and O–H groups in total. The van der Waals surface area contributed by atoms with Crippen molar-refractivity contribution in [1.82, 2.24) is 9.99 Å². The van der Waals surface area contributed by atoms with Gasteiger partial charge in [0.1, 0.15) is 12.3 Å². The van der Waals surface area contributed by atoms with Crippen molar-refractivity contribution in [2.24, 2.45) is 5.10 Å². The number of benzene rings is 3. The molecule has 27 heavy (non-hydrogen) atoms. The van der Waals surface area contributed by atoms with Crippen LogP contribution in [-0.4, -0.2) is 16.6 Å². The molecule has 1 aliphatic heterocycles. The highest BCUT2D eigenvalue weighted by atomic mass is 16.1. The fourth-order valence-electron chi connectivity index (χ4n) is 4.11. The number of hydrogen-bond acceptors (Lipinski definition) is 3. The topological polar surface area (TPSA) is 46.4 Å². The van der Waals surface area contributed by atoms with E-state index in [0.29, 0.717) is 0 Å². The Hall–Kier alpha value is -3.40. The third kappa shape index (κ3) is 2.30. The first-order chi connectivity index (χ1) is 13.3. The summed E-state index contributed by atoms with van der Waals surface area (Å²) in [6, 6.07) is 22.6. The van der Waals surface area contributed by atoms with E-state index in [-0.39, 0.29) is 0 Å². The molecule has 1 unspecified atom stereocenters. The van der Waals surface area contributed by atoms with Gasteiger partial charge in [0.25, 0.3) is 0 Å². The molecular weight excluding hydrogens is 334 g/mol. The van der Waals surface area contributed by atoms with Gasteiger partial charge in [-0.3, -0.25) is 5.43 Å². The normalized spacial score (nSPS) is 16.0. The van der Waals surface area contributed by atoms with Crippen LogP contribution in [0.1, 0.15) is 29.7 Å². The lowest BCUT2D eigenvalue weighted by molar-refractivity contribution is -0.109. The van der Waals surface area contributed by atoms with Crippen molar-refractivity contribution >= 4 is 33.8 Å². The predicted molar refractivity (Wildman–Crippen MR) is 109 cm³/mol. The Morgan fingerprint density at radius 1 is 1.00 bits per heavy atom. The van der Waals surface area contributed by atoms with Crippen molar-refractivity contribution in [3.63, 3.8) is 0 Å². The molecule has 3 aromatic carbocycles. The van der Waals surface area contributed by atoms with Gasteiger partial charge in [-0.1, -0.05) is 48.5 Å². The van der Waals surface area contributed by atoms with Gasteiger partial charge in [-0.2, -0.15) is 5.10 Å². The van der Waals surface area contributed by atoms with Crippen LogP contribution >= 0.6 is 0 Å². The van der Waals surface area contributed by atoms with Crippen LogP contribution in [0.3, 0.4) is 0 Å². The molecule has 0 bridgehead atoms. The summed E-state index contributed by atoms with van der Waals surface area (Å²) < 4.78 is 2.34. The van der Waals surface area contributed by atoms with Crippen LogP contribution in [0.4, 0.5) is 0 Å². The summed E-state index contributed by atoms with van der Waals surface area (Å²) in [5.41, 5.74) is 9.36. The van der Waals surface area contributed by atoms with E-state index in [9.17, 15) is 4.79 Å². The lowest BCUT2D eigenvalue weighted by Gasteiger charge is -2.22. The second-order valence-corrected chi connectivity index (χ2v) is 6.78. The molecule has 0 amide bonds. The molecule has 0 aliphatic carbocycles. The number of para-hydroxylation sites is 1. The van der Waals surface area contributed by atoms with Gasteiger partial charge in [-0.05, 0) is 30.7 Å². The van der Waals surface area contributed by atoms with Crippen LogP contribution in [0.5, 0.6) is 0 Å². The quantitative estimate of drug-likeness (QED) is 0.555. The number of carbonyl (C=O) groups is 1. The first kappa shape index (κ1) is 15.8.